The minimum absolute atomic E-state index is 0.0890. The molecule has 0 saturated carbocycles. The molecule has 11 nitrogen and oxygen atoms in total. The summed E-state index contributed by atoms with van der Waals surface area (Å²) < 4.78 is 11.5. The minimum Gasteiger partial charge on any atom is -0.508 e. The number of ether oxygens (including phenoxy) is 2. The third-order valence-electron chi connectivity index (χ3n) is 9.30. The molecule has 0 aliphatic carbocycles. The summed E-state index contributed by atoms with van der Waals surface area (Å²) in [6.07, 6.45) is -0.00295. The summed E-state index contributed by atoms with van der Waals surface area (Å²) in [6.45, 7) is 6.65. The Kier molecular flexibility index (Phi) is 17.1. The van der Waals surface area contributed by atoms with Gasteiger partial charge >= 0.3 is 0 Å². The second-order valence-electron chi connectivity index (χ2n) is 14.1. The van der Waals surface area contributed by atoms with E-state index in [2.05, 4.69) is 29.7 Å². The number of hydrogen-bond donors (Lipinski definition) is 5. The van der Waals surface area contributed by atoms with E-state index in [1.165, 1.54) is 10.5 Å². The number of hydrogen-bond acceptors (Lipinski definition) is 8. The van der Waals surface area contributed by atoms with E-state index in [0.717, 1.165) is 34.2 Å². The number of nitrogens with one attached hydrogen (secondary N) is 2. The highest BCUT2D eigenvalue weighted by atomic mass is 16.5. The van der Waals surface area contributed by atoms with E-state index < -0.39 is 30.0 Å². The van der Waals surface area contributed by atoms with Crippen LogP contribution in [0.5, 0.6) is 11.5 Å². The number of phenols is 1. The maximum absolute atomic E-state index is 13.0. The van der Waals surface area contributed by atoms with E-state index in [4.69, 9.17) is 15.2 Å². The van der Waals surface area contributed by atoms with Crippen molar-refractivity contribution in [2.45, 2.75) is 58.2 Å². The van der Waals surface area contributed by atoms with Crippen LogP contribution in [0.2, 0.25) is 0 Å². The first kappa shape index (κ1) is 43.2. The molecule has 0 radical (unpaired) electrons. The molecule has 0 spiro atoms. The fourth-order valence-corrected chi connectivity index (χ4v) is 6.24. The summed E-state index contributed by atoms with van der Waals surface area (Å²) in [5, 5.41) is 25.9. The first-order valence-electron chi connectivity index (χ1n) is 19.1. The lowest BCUT2D eigenvalue weighted by atomic mass is 9.88. The van der Waals surface area contributed by atoms with Gasteiger partial charge in [-0.15, -0.1) is 0 Å². The molecule has 56 heavy (non-hydrogen) atoms. The van der Waals surface area contributed by atoms with E-state index >= 15 is 0 Å². The molecular formula is C45H56N4O7. The molecule has 0 aliphatic rings. The Labute approximate surface area is 330 Å². The average Bonchev–Trinajstić information content (AvgIpc) is 3.20. The molecule has 6 N–H and O–H groups in total. The van der Waals surface area contributed by atoms with Gasteiger partial charge < -0.3 is 41.0 Å². The molecule has 3 atom stereocenters. The Bertz CT molecular complexity index is 1850. The average molecular weight is 765 g/mol. The van der Waals surface area contributed by atoms with Crippen molar-refractivity contribution < 1.29 is 34.1 Å². The zero-order valence-corrected chi connectivity index (χ0v) is 32.8. The van der Waals surface area contributed by atoms with Crippen molar-refractivity contribution in [2.75, 3.05) is 40.0 Å². The quantitative estimate of drug-likeness (QED) is 0.0572. The highest BCUT2D eigenvalue weighted by Crippen LogP contribution is 2.35. The smallest absolute Gasteiger partial charge is 0.251 e. The highest BCUT2D eigenvalue weighted by Gasteiger charge is 2.28. The topological polar surface area (TPSA) is 163 Å². The second kappa shape index (κ2) is 22.2. The number of allylic oxidation sites excluding steroid dienone is 1. The number of nitrogens with zero attached hydrogens (tertiary/aromatic N) is 1. The van der Waals surface area contributed by atoms with Crippen molar-refractivity contribution in [3.63, 3.8) is 0 Å². The minimum atomic E-state index is -1.48. The van der Waals surface area contributed by atoms with E-state index in [-0.39, 0.29) is 43.9 Å². The van der Waals surface area contributed by atoms with Crippen molar-refractivity contribution in [1.29, 1.82) is 0 Å². The van der Waals surface area contributed by atoms with Crippen molar-refractivity contribution in [1.82, 2.24) is 15.5 Å². The van der Waals surface area contributed by atoms with E-state index in [1.54, 1.807) is 19.2 Å². The van der Waals surface area contributed by atoms with Crippen LogP contribution in [-0.2, 0) is 25.5 Å². The second-order valence-corrected chi connectivity index (χ2v) is 14.1. The lowest BCUT2D eigenvalue weighted by molar-refractivity contribution is -0.136. The lowest BCUT2D eigenvalue weighted by Crippen LogP contribution is -2.54. The molecule has 11 heteroatoms. The number of nitrogens with two attached hydrogens (primary N) is 1. The number of aliphatic hydroxyl groups excluding tert-OH is 1. The lowest BCUT2D eigenvalue weighted by Gasteiger charge is -2.24. The number of carbonyl (C=O) groups is 3. The molecule has 4 aromatic rings. The van der Waals surface area contributed by atoms with Gasteiger partial charge in [0.1, 0.15) is 36.9 Å². The monoisotopic (exact) mass is 764 g/mol. The van der Waals surface area contributed by atoms with Gasteiger partial charge in [0.15, 0.2) is 0 Å². The van der Waals surface area contributed by atoms with E-state index in [0.29, 0.717) is 25.1 Å². The van der Waals surface area contributed by atoms with Gasteiger partial charge in [0.25, 0.3) is 5.91 Å². The molecule has 4 aromatic carbocycles. The van der Waals surface area contributed by atoms with Gasteiger partial charge in [0.2, 0.25) is 11.8 Å². The molecule has 298 valence electrons. The van der Waals surface area contributed by atoms with Gasteiger partial charge in [-0.05, 0) is 82.8 Å². The summed E-state index contributed by atoms with van der Waals surface area (Å²) in [5.41, 5.74) is 12.4. The number of rotatable bonds is 21. The van der Waals surface area contributed by atoms with Crippen LogP contribution in [0.25, 0.3) is 11.1 Å². The summed E-state index contributed by atoms with van der Waals surface area (Å²) in [7, 11) is 1.67. The van der Waals surface area contributed by atoms with Crippen molar-refractivity contribution in [2.24, 2.45) is 11.7 Å². The van der Waals surface area contributed by atoms with Crippen LogP contribution in [-0.4, -0.2) is 91.0 Å². The third-order valence-corrected chi connectivity index (χ3v) is 9.30. The van der Waals surface area contributed by atoms with Crippen LogP contribution < -0.4 is 21.1 Å². The summed E-state index contributed by atoms with van der Waals surface area (Å²) in [4.78, 5) is 40.0. The highest BCUT2D eigenvalue weighted by molar-refractivity contribution is 5.98. The molecule has 0 fully saturated rings. The largest absolute Gasteiger partial charge is 0.508 e. The Hall–Kier alpha value is -5.49. The molecule has 0 aromatic heterocycles. The van der Waals surface area contributed by atoms with E-state index in [9.17, 15) is 24.6 Å². The Morgan fingerprint density at radius 2 is 1.41 bits per heavy atom. The Morgan fingerprint density at radius 3 is 2.02 bits per heavy atom. The van der Waals surface area contributed by atoms with Crippen molar-refractivity contribution in [3.05, 3.63) is 131 Å². The number of aromatic hydroxyl groups is 1. The maximum Gasteiger partial charge on any atom is 0.251 e. The van der Waals surface area contributed by atoms with Crippen LogP contribution in [0.4, 0.5) is 0 Å². The molecule has 0 heterocycles. The fourth-order valence-electron chi connectivity index (χ4n) is 6.24. The van der Waals surface area contributed by atoms with Gasteiger partial charge in [-0.3, -0.25) is 14.4 Å². The molecule has 4 rings (SSSR count). The summed E-state index contributed by atoms with van der Waals surface area (Å²) in [6, 6.07) is 33.0. The summed E-state index contributed by atoms with van der Waals surface area (Å²) >= 11 is 0. The number of phenolic OH excluding ortho intramolecular Hbond substituents is 1. The predicted molar refractivity (Wildman–Crippen MR) is 220 cm³/mol. The van der Waals surface area contributed by atoms with Gasteiger partial charge in [-0.2, -0.15) is 0 Å². The standard InChI is InChI=1S/C45H56N4O7/c1-5-38(33-14-10-7-11-15-33)42(34-16-20-36(50)21-17-34)35-18-22-37(23-19-35)56-27-25-49(4)41(51)30-55-26-24-47-44(53)40(28-31(2)3)48-45(54)43(52)39(46)29-32-12-8-6-9-13-32/h6-23,31,39-40,43,50,52H,5,24-30,46H2,1-4H3,(H,47,53)(H,48,54)/t39-,40+,43+/m1/s1. The first-order valence-corrected chi connectivity index (χ1v) is 19.1. The first-order chi connectivity index (χ1) is 27.0. The Morgan fingerprint density at radius 1 is 0.804 bits per heavy atom. The van der Waals surface area contributed by atoms with Gasteiger partial charge in [-0.1, -0.05) is 106 Å². The van der Waals surface area contributed by atoms with Crippen LogP contribution in [0.1, 0.15) is 55.9 Å². The third kappa shape index (κ3) is 13.4. The SMILES string of the molecule is CCC(=C(c1ccc(O)cc1)c1ccc(OCCN(C)C(=O)COCCNC(=O)[C@H](CC(C)C)NC(=O)[C@@H](O)[C@H](N)Cc2ccccc2)cc1)c1ccccc1. The van der Waals surface area contributed by atoms with Crippen LogP contribution >= 0.6 is 0 Å². The predicted octanol–water partition coefficient (Wildman–Crippen LogP) is 5.19. The number of aliphatic hydroxyl groups is 1. The molecule has 0 bridgehead atoms. The number of benzene rings is 4. The maximum atomic E-state index is 13.0. The van der Waals surface area contributed by atoms with Gasteiger partial charge in [0.05, 0.1) is 13.2 Å². The Balaban J connectivity index is 1.21. The van der Waals surface area contributed by atoms with E-state index in [1.807, 2.05) is 98.8 Å². The fraction of sp³-hybridized carbons (Fsp3) is 0.356. The zero-order valence-electron chi connectivity index (χ0n) is 32.8. The van der Waals surface area contributed by atoms with Gasteiger partial charge in [-0.25, -0.2) is 0 Å². The number of likely N-dealkylation sites (N-methyl/N-ethyl adjacent to an activating group) is 1. The molecule has 0 unspecified atom stereocenters. The van der Waals surface area contributed by atoms with Crippen LogP contribution in [0, 0.1) is 5.92 Å². The molecule has 0 saturated heterocycles. The van der Waals surface area contributed by atoms with Crippen molar-refractivity contribution in [3.8, 4) is 11.5 Å². The normalized spacial score (nSPS) is 13.3. The number of amides is 3. The summed E-state index contributed by atoms with van der Waals surface area (Å²) in [5.74, 6) is -0.389. The zero-order chi connectivity index (χ0) is 40.5. The van der Waals surface area contributed by atoms with Crippen LogP contribution in [0.3, 0.4) is 0 Å². The molecule has 3 amide bonds. The molecular weight excluding hydrogens is 709 g/mol. The van der Waals surface area contributed by atoms with Crippen molar-refractivity contribution >= 4 is 28.9 Å². The number of carbonyl (C=O) groups excluding carboxylic acids is 3. The van der Waals surface area contributed by atoms with Crippen LogP contribution in [0.15, 0.2) is 109 Å². The molecule has 0 aliphatic heterocycles. The van der Waals surface area contributed by atoms with Gasteiger partial charge in [0, 0.05) is 19.6 Å².